The first-order valence-corrected chi connectivity index (χ1v) is 47.7. The fraction of sp³-hybridized carbons (Fsp3) is 0.150. The number of ether oxygens (including phenoxy) is 1. The Hall–Kier alpha value is -18.2. The third-order valence-corrected chi connectivity index (χ3v) is 27.5. The molecule has 0 spiro atoms. The highest BCUT2D eigenvalue weighted by Crippen LogP contribution is 2.51. The van der Waals surface area contributed by atoms with Crippen LogP contribution < -0.4 is 31.3 Å². The molecule has 35 heteroatoms. The summed E-state index contributed by atoms with van der Waals surface area (Å²) in [6, 6.07) is 66.3. The van der Waals surface area contributed by atoms with Crippen molar-refractivity contribution in [3.05, 3.63) is 442 Å². The minimum absolute atomic E-state index is 0.166. The van der Waals surface area contributed by atoms with E-state index in [1.165, 1.54) is 90.8 Å². The number of halogens is 7. The maximum Gasteiger partial charge on any atom is 0.335 e. The Morgan fingerprint density at radius 1 is 0.291 bits per heavy atom. The highest BCUT2D eigenvalue weighted by Gasteiger charge is 2.50. The number of carboxylic acids is 1. The summed E-state index contributed by atoms with van der Waals surface area (Å²) < 4.78 is 92.8. The van der Waals surface area contributed by atoms with Gasteiger partial charge in [0.25, 0.3) is 29.5 Å². The highest BCUT2D eigenvalue weighted by molar-refractivity contribution is 6.30. The van der Waals surface area contributed by atoms with Crippen molar-refractivity contribution in [3.63, 3.8) is 0 Å². The lowest BCUT2D eigenvalue weighted by molar-refractivity contribution is 0.0694. The van der Waals surface area contributed by atoms with Crippen LogP contribution in [0.5, 0.6) is 5.75 Å². The Balaban J connectivity index is 0.000000108. The number of fused-ring (bicyclic) bond motifs is 5. The molecule has 20 aromatic rings. The summed E-state index contributed by atoms with van der Waals surface area (Å²) in [4.78, 5) is 97.7. The molecule has 10 aromatic heterocycles. The minimum atomic E-state index is -0.989. The highest BCUT2D eigenvalue weighted by atomic mass is 35.5. The summed E-state index contributed by atoms with van der Waals surface area (Å²) in [6.45, 7) is 2.05. The maximum atomic E-state index is 13.3. The summed E-state index contributed by atoms with van der Waals surface area (Å²) >= 11 is 6.12. The fourth-order valence-corrected chi connectivity index (χ4v) is 18.6. The zero-order valence-electron chi connectivity index (χ0n) is 79.0. The number of pyridine rings is 5. The van der Waals surface area contributed by atoms with Crippen LogP contribution in [0.3, 0.4) is 0 Å². The van der Waals surface area contributed by atoms with Crippen molar-refractivity contribution < 1.29 is 65.0 Å². The van der Waals surface area contributed by atoms with E-state index < -0.39 is 22.6 Å². The zero-order valence-corrected chi connectivity index (χ0v) is 79.7. The molecule has 5 amide bonds. The van der Waals surface area contributed by atoms with Gasteiger partial charge in [0, 0.05) is 62.9 Å². The predicted octanol–water partition coefficient (Wildman–Crippen LogP) is 20.7. The number of hydrogen-bond donors (Lipinski definition) is 6. The molecule has 736 valence electrons. The molecule has 0 bridgehead atoms. The van der Waals surface area contributed by atoms with Crippen LogP contribution in [0.25, 0.3) is 83.0 Å². The van der Waals surface area contributed by atoms with Gasteiger partial charge in [0.15, 0.2) is 0 Å². The van der Waals surface area contributed by atoms with Gasteiger partial charge in [-0.15, -0.1) is 0 Å². The molecule has 25 rings (SSSR count). The Morgan fingerprint density at radius 3 is 0.757 bits per heavy atom. The van der Waals surface area contributed by atoms with E-state index in [9.17, 15) is 55.1 Å². The number of benzene rings is 10. The average Bonchev–Trinajstić information content (AvgIpc) is 1.61. The molecule has 10 aromatic carbocycles. The topological polar surface area (TPSA) is 346 Å². The molecule has 0 radical (unpaired) electrons. The molecule has 5 aliphatic carbocycles. The normalized spacial score (nSPS) is 14.6. The molecule has 148 heavy (non-hydrogen) atoms. The predicted molar refractivity (Wildman–Crippen MR) is 541 cm³/mol. The first kappa shape index (κ1) is 95.9. The summed E-state index contributed by atoms with van der Waals surface area (Å²) in [5, 5.41) is 50.7. The lowest BCUT2D eigenvalue weighted by Crippen LogP contribution is -2.35. The van der Waals surface area contributed by atoms with Crippen molar-refractivity contribution in [3.8, 4) is 34.2 Å². The SMILES string of the molecule is COc1ccc(C2(NC(=O)c3cncc4c3cnn4-c3ccc(F)cc3)CC2)cc1.Cc1cccc(C2(NC(=O)c3cncc4c3cnn4-c3ccc(F)cc3)CC2)c1.O=C(NC1(c2ccc(F)cc2)CC1)c1cncc2c1cnn2-c1ccc(F)cc1.O=C(NC1(c2cccc(Cl)c2)CC1)c1cncc2c1cnn2-c1ccc(F)cc1.O=C(O)c1ccc(C2(NC(=O)c3cncc4c3cnn4-c3ccc(F)cc3)CC2)cc1. The number of carboxylic acid groups (broad SMARTS) is 1. The lowest BCUT2D eigenvalue weighted by Gasteiger charge is -2.18. The molecule has 5 aliphatic rings. The minimum Gasteiger partial charge on any atom is -0.497 e. The largest absolute Gasteiger partial charge is 0.497 e. The molecule has 5 fully saturated rings. The van der Waals surface area contributed by atoms with Gasteiger partial charge in [0.2, 0.25) is 0 Å². The van der Waals surface area contributed by atoms with Crippen LogP contribution in [0.1, 0.15) is 160 Å². The second-order valence-corrected chi connectivity index (χ2v) is 37.4. The molecule has 0 aliphatic heterocycles. The van der Waals surface area contributed by atoms with Crippen LogP contribution in [0.2, 0.25) is 5.02 Å². The smallest absolute Gasteiger partial charge is 0.335 e. The van der Waals surface area contributed by atoms with Crippen LogP contribution in [0, 0.1) is 41.8 Å². The average molecular weight is 2000 g/mol. The van der Waals surface area contributed by atoms with Crippen molar-refractivity contribution >= 4 is 102 Å². The van der Waals surface area contributed by atoms with E-state index in [0.717, 1.165) is 97.8 Å². The fourth-order valence-electron chi connectivity index (χ4n) is 18.4. The lowest BCUT2D eigenvalue weighted by atomic mass is 10.0. The number of nitrogens with zero attached hydrogens (tertiary/aromatic N) is 15. The van der Waals surface area contributed by atoms with Crippen LogP contribution in [0.4, 0.5) is 26.3 Å². The standard InChI is InChI=1S/C23H17FN4O3.C23H19FN4O2.C23H19FN4O.C22H16ClFN4O.C22H16F2N4O/c24-16-5-7-17(8-6-16)28-20-13-25-11-19(18(20)12-26-28)21(29)27-23(9-10-23)15-3-1-14(2-4-15)22(30)31;1-30-18-8-2-15(3-9-18)23(10-11-23)27-22(29)20-12-25-14-21-19(20)13-26-28(21)17-6-4-16(24)5-7-17;1-15-3-2-4-16(11-15)23(9-10-23)27-22(29)20-12-25-14-21-19(20)13-26-28(21)18-7-5-17(24)6-8-18;23-15-3-1-2-14(10-15)22(8-9-22)27-21(29)19-11-25-13-20-18(19)12-26-28(20)17-6-4-16(24)5-7-17;23-15-3-1-14(2-4-15)22(9-10-22)27-21(29)19-11-25-13-20-18(19)12-26-28(20)17-7-5-16(24)6-8-17/h1-8,11-13H,9-10H2,(H,27,29)(H,30,31);2-9,12-14H,10-11H2,1H3,(H,27,29);2-8,11-14H,9-10H2,1H3,(H,27,29);1-7,10-13H,8-9H2,(H,27,29);1-8,11-13H,9-10H2,(H,27,29). The van der Waals surface area contributed by atoms with E-state index in [4.69, 9.17) is 21.4 Å². The van der Waals surface area contributed by atoms with Gasteiger partial charge in [-0.3, -0.25) is 48.9 Å². The van der Waals surface area contributed by atoms with E-state index in [-0.39, 0.29) is 81.1 Å². The molecule has 6 N–H and O–H groups in total. The Morgan fingerprint density at radius 2 is 0.520 bits per heavy atom. The Kier molecular flexibility index (Phi) is 25.6. The van der Waals surface area contributed by atoms with Crippen molar-refractivity contribution in [2.24, 2.45) is 0 Å². The van der Waals surface area contributed by atoms with Crippen molar-refractivity contribution in [2.45, 2.75) is 98.8 Å². The second-order valence-electron chi connectivity index (χ2n) is 36.9. The van der Waals surface area contributed by atoms with Crippen LogP contribution in [-0.4, -0.2) is 122 Å². The number of hydrogen-bond acceptors (Lipinski definition) is 17. The summed E-state index contributed by atoms with van der Waals surface area (Å²) in [6.07, 6.45) is 32.4. The number of aromatic nitrogens is 15. The monoisotopic (exact) mass is 2000 g/mol. The molecular weight excluding hydrogens is 1910 g/mol. The molecule has 0 unspecified atom stereocenters. The van der Waals surface area contributed by atoms with Crippen molar-refractivity contribution in [2.75, 3.05) is 7.11 Å². The van der Waals surface area contributed by atoms with Crippen LogP contribution >= 0.6 is 11.6 Å². The first-order chi connectivity index (χ1) is 71.7. The van der Waals surface area contributed by atoms with Crippen molar-refractivity contribution in [1.82, 2.24) is 100 Å². The van der Waals surface area contributed by atoms with Gasteiger partial charge in [0.1, 0.15) is 40.7 Å². The second kappa shape index (κ2) is 39.5. The van der Waals surface area contributed by atoms with E-state index >= 15 is 0 Å². The molecule has 0 atom stereocenters. The maximum absolute atomic E-state index is 13.3. The Bertz CT molecular complexity index is 8310. The number of aryl methyl sites for hydroxylation is 1. The van der Waals surface area contributed by atoms with Gasteiger partial charge in [-0.05, 0) is 269 Å². The van der Waals surface area contributed by atoms with E-state index in [1.807, 2.05) is 54.6 Å². The van der Waals surface area contributed by atoms with Crippen LogP contribution in [-0.2, 0) is 27.7 Å². The number of carbonyl (C=O) groups is 6. The number of methoxy groups -OCH3 is 1. The third-order valence-electron chi connectivity index (χ3n) is 27.3. The molecule has 28 nitrogen and oxygen atoms in total. The van der Waals surface area contributed by atoms with Gasteiger partial charge >= 0.3 is 5.97 Å². The summed E-state index contributed by atoms with van der Waals surface area (Å²) in [5.74, 6) is -3.25. The van der Waals surface area contributed by atoms with Crippen molar-refractivity contribution in [1.29, 1.82) is 0 Å². The van der Waals surface area contributed by atoms with Gasteiger partial charge in [-0.25, -0.2) is 54.5 Å². The van der Waals surface area contributed by atoms with Gasteiger partial charge in [-0.2, -0.15) is 25.5 Å². The molecule has 10 heterocycles. The third kappa shape index (κ3) is 19.7. The summed E-state index contributed by atoms with van der Waals surface area (Å²) in [7, 11) is 1.63. The van der Waals surface area contributed by atoms with E-state index in [2.05, 4.69) is 102 Å². The van der Waals surface area contributed by atoms with Crippen LogP contribution in [0.15, 0.2) is 336 Å². The van der Waals surface area contributed by atoms with Gasteiger partial charge < -0.3 is 36.4 Å². The number of carbonyl (C=O) groups excluding carboxylic acids is 5. The Labute approximate surface area is 844 Å². The molecule has 5 saturated carbocycles. The van der Waals surface area contributed by atoms with Gasteiger partial charge in [-0.1, -0.05) is 90.0 Å². The molecular formula is C113H87ClF6N20O8. The quantitative estimate of drug-likeness (QED) is 0.0343. The number of nitrogens with one attached hydrogen (secondary N) is 5. The number of amides is 5. The van der Waals surface area contributed by atoms with E-state index in [1.54, 1.807) is 208 Å². The van der Waals surface area contributed by atoms with E-state index in [0.29, 0.717) is 116 Å². The number of aromatic carboxylic acids is 1. The number of rotatable bonds is 22. The first-order valence-electron chi connectivity index (χ1n) is 47.3. The van der Waals surface area contributed by atoms with Gasteiger partial charge in [0.05, 0.1) is 186 Å². The molecule has 0 saturated heterocycles. The summed E-state index contributed by atoms with van der Waals surface area (Å²) in [5.41, 5.74) is 13.2. The zero-order chi connectivity index (χ0) is 102.